The van der Waals surface area contributed by atoms with Gasteiger partial charge < -0.3 is 5.32 Å². The van der Waals surface area contributed by atoms with E-state index in [0.717, 1.165) is 16.1 Å². The van der Waals surface area contributed by atoms with Gasteiger partial charge in [-0.3, -0.25) is 4.79 Å². The molecule has 0 fully saturated rings. The summed E-state index contributed by atoms with van der Waals surface area (Å²) in [6.07, 6.45) is 0. The minimum atomic E-state index is -0.0336. The van der Waals surface area contributed by atoms with Crippen LogP contribution >= 0.6 is 11.3 Å². The number of thiophene rings is 1. The number of hydrogen-bond acceptors (Lipinski definition) is 2. The monoisotopic (exact) mass is 217 g/mol. The maximum Gasteiger partial charge on any atom is 0.265 e. The van der Waals surface area contributed by atoms with E-state index in [1.54, 1.807) is 0 Å². The first-order chi connectivity index (χ1) is 7.27. The molecule has 1 amide bonds. The van der Waals surface area contributed by atoms with Crippen molar-refractivity contribution in [3.8, 4) is 0 Å². The molecule has 76 valence electrons. The number of hydrogen-bond donors (Lipinski definition) is 1. The first-order valence-electron chi connectivity index (χ1n) is 4.68. The minimum Gasteiger partial charge on any atom is -0.321 e. The number of amides is 1. The Morgan fingerprint density at radius 3 is 2.53 bits per heavy atom. The standard InChI is InChI=1S/C12H11NOS/c1-9-7-8-15-11(9)12(14)13-10-5-3-2-4-6-10/h2-8H,1H3,(H,13,14). The van der Waals surface area contributed by atoms with Gasteiger partial charge in [-0.15, -0.1) is 11.3 Å². The summed E-state index contributed by atoms with van der Waals surface area (Å²) in [6, 6.07) is 11.4. The van der Waals surface area contributed by atoms with Crippen LogP contribution in [0.25, 0.3) is 0 Å². The molecule has 0 aliphatic rings. The van der Waals surface area contributed by atoms with E-state index in [4.69, 9.17) is 0 Å². The van der Waals surface area contributed by atoms with Gasteiger partial charge in [-0.05, 0) is 36.1 Å². The average molecular weight is 217 g/mol. The molecular weight excluding hydrogens is 206 g/mol. The molecular formula is C12H11NOS. The second kappa shape index (κ2) is 4.28. The van der Waals surface area contributed by atoms with Gasteiger partial charge >= 0.3 is 0 Å². The third kappa shape index (κ3) is 2.25. The highest BCUT2D eigenvalue weighted by Gasteiger charge is 2.09. The minimum absolute atomic E-state index is 0.0336. The number of rotatable bonds is 2. The summed E-state index contributed by atoms with van der Waals surface area (Å²) >= 11 is 1.46. The lowest BCUT2D eigenvalue weighted by molar-refractivity contribution is 0.103. The Bertz CT molecular complexity index is 461. The lowest BCUT2D eigenvalue weighted by Crippen LogP contribution is -2.10. The quantitative estimate of drug-likeness (QED) is 0.821. The normalized spacial score (nSPS) is 9.93. The zero-order valence-electron chi connectivity index (χ0n) is 8.36. The van der Waals surface area contributed by atoms with E-state index >= 15 is 0 Å². The van der Waals surface area contributed by atoms with Crippen molar-refractivity contribution in [2.45, 2.75) is 6.92 Å². The summed E-state index contributed by atoms with van der Waals surface area (Å²) in [6.45, 7) is 1.94. The number of para-hydroxylation sites is 1. The summed E-state index contributed by atoms with van der Waals surface area (Å²) in [4.78, 5) is 12.6. The second-order valence-corrected chi connectivity index (χ2v) is 4.17. The topological polar surface area (TPSA) is 29.1 Å². The van der Waals surface area contributed by atoms with Gasteiger partial charge in [0.25, 0.3) is 5.91 Å². The molecule has 0 saturated carbocycles. The molecule has 15 heavy (non-hydrogen) atoms. The lowest BCUT2D eigenvalue weighted by atomic mass is 10.2. The van der Waals surface area contributed by atoms with E-state index in [2.05, 4.69) is 5.32 Å². The van der Waals surface area contributed by atoms with Crippen LogP contribution in [-0.2, 0) is 0 Å². The number of aryl methyl sites for hydroxylation is 1. The van der Waals surface area contributed by atoms with Crippen molar-refractivity contribution in [3.63, 3.8) is 0 Å². The van der Waals surface area contributed by atoms with Crippen LogP contribution < -0.4 is 5.32 Å². The molecule has 1 aromatic heterocycles. The smallest absolute Gasteiger partial charge is 0.265 e. The number of benzene rings is 1. The predicted octanol–water partition coefficient (Wildman–Crippen LogP) is 3.31. The van der Waals surface area contributed by atoms with Crippen LogP contribution in [0, 0.1) is 6.92 Å². The summed E-state index contributed by atoms with van der Waals surface area (Å²) in [5.41, 5.74) is 1.85. The molecule has 0 bridgehead atoms. The Balaban J connectivity index is 2.15. The van der Waals surface area contributed by atoms with Crippen molar-refractivity contribution in [1.82, 2.24) is 0 Å². The third-order valence-corrected chi connectivity index (χ3v) is 3.12. The van der Waals surface area contributed by atoms with E-state index in [1.807, 2.05) is 48.7 Å². The third-order valence-electron chi connectivity index (χ3n) is 2.10. The molecule has 1 aromatic carbocycles. The highest BCUT2D eigenvalue weighted by molar-refractivity contribution is 7.12. The molecule has 0 unspecified atom stereocenters. The Labute approximate surface area is 92.6 Å². The fourth-order valence-corrected chi connectivity index (χ4v) is 2.13. The molecule has 0 aliphatic heterocycles. The van der Waals surface area contributed by atoms with Gasteiger partial charge in [0.1, 0.15) is 0 Å². The lowest BCUT2D eigenvalue weighted by Gasteiger charge is -2.03. The molecule has 1 heterocycles. The Hall–Kier alpha value is -1.61. The summed E-state index contributed by atoms with van der Waals surface area (Å²) in [5, 5.41) is 4.78. The van der Waals surface area contributed by atoms with Gasteiger partial charge in [0, 0.05) is 5.69 Å². The number of anilines is 1. The molecule has 0 saturated heterocycles. The summed E-state index contributed by atoms with van der Waals surface area (Å²) in [7, 11) is 0. The fraction of sp³-hybridized carbons (Fsp3) is 0.0833. The molecule has 2 nitrogen and oxygen atoms in total. The summed E-state index contributed by atoms with van der Waals surface area (Å²) < 4.78 is 0. The Kier molecular flexibility index (Phi) is 2.83. The van der Waals surface area contributed by atoms with E-state index in [-0.39, 0.29) is 5.91 Å². The highest BCUT2D eigenvalue weighted by Crippen LogP contribution is 2.17. The van der Waals surface area contributed by atoms with Gasteiger partial charge in [-0.1, -0.05) is 18.2 Å². The second-order valence-electron chi connectivity index (χ2n) is 3.25. The van der Waals surface area contributed by atoms with Crippen molar-refractivity contribution >= 4 is 22.9 Å². The average Bonchev–Trinajstić information content (AvgIpc) is 2.66. The van der Waals surface area contributed by atoms with Gasteiger partial charge in [0.2, 0.25) is 0 Å². The van der Waals surface area contributed by atoms with E-state index in [9.17, 15) is 4.79 Å². The molecule has 0 aliphatic carbocycles. The van der Waals surface area contributed by atoms with Crippen LogP contribution in [0.1, 0.15) is 15.2 Å². The molecule has 1 N–H and O–H groups in total. The van der Waals surface area contributed by atoms with Crippen molar-refractivity contribution in [1.29, 1.82) is 0 Å². The first-order valence-corrected chi connectivity index (χ1v) is 5.56. The van der Waals surface area contributed by atoms with E-state index in [1.165, 1.54) is 11.3 Å². The SMILES string of the molecule is Cc1ccsc1C(=O)Nc1ccccc1. The number of nitrogens with one attached hydrogen (secondary N) is 1. The molecule has 0 spiro atoms. The van der Waals surface area contributed by atoms with Crippen LogP contribution in [0.2, 0.25) is 0 Å². The van der Waals surface area contributed by atoms with Crippen LogP contribution in [0.5, 0.6) is 0 Å². The van der Waals surface area contributed by atoms with Crippen LogP contribution in [-0.4, -0.2) is 5.91 Å². The maximum atomic E-state index is 11.8. The number of carbonyl (C=O) groups excluding carboxylic acids is 1. The zero-order valence-corrected chi connectivity index (χ0v) is 9.17. The number of carbonyl (C=O) groups is 1. The van der Waals surface area contributed by atoms with Crippen LogP contribution in [0.15, 0.2) is 41.8 Å². The maximum absolute atomic E-state index is 11.8. The fourth-order valence-electron chi connectivity index (χ4n) is 1.31. The Morgan fingerprint density at radius 1 is 1.20 bits per heavy atom. The zero-order chi connectivity index (χ0) is 10.7. The van der Waals surface area contributed by atoms with Crippen molar-refractivity contribution < 1.29 is 4.79 Å². The van der Waals surface area contributed by atoms with Gasteiger partial charge in [-0.2, -0.15) is 0 Å². The van der Waals surface area contributed by atoms with Gasteiger partial charge in [0.05, 0.1) is 4.88 Å². The van der Waals surface area contributed by atoms with E-state index in [0.29, 0.717) is 0 Å². The molecule has 2 rings (SSSR count). The highest BCUT2D eigenvalue weighted by atomic mass is 32.1. The molecule has 0 radical (unpaired) electrons. The Morgan fingerprint density at radius 2 is 1.93 bits per heavy atom. The van der Waals surface area contributed by atoms with Crippen LogP contribution in [0.4, 0.5) is 5.69 Å². The van der Waals surface area contributed by atoms with Gasteiger partial charge in [0.15, 0.2) is 0 Å². The van der Waals surface area contributed by atoms with Crippen molar-refractivity contribution in [2.75, 3.05) is 5.32 Å². The van der Waals surface area contributed by atoms with E-state index < -0.39 is 0 Å². The van der Waals surface area contributed by atoms with Crippen LogP contribution in [0.3, 0.4) is 0 Å². The molecule has 2 aromatic rings. The summed E-state index contributed by atoms with van der Waals surface area (Å²) in [5.74, 6) is -0.0336. The van der Waals surface area contributed by atoms with Crippen molar-refractivity contribution in [2.24, 2.45) is 0 Å². The molecule has 3 heteroatoms. The predicted molar refractivity (Wildman–Crippen MR) is 63.5 cm³/mol. The largest absolute Gasteiger partial charge is 0.321 e. The first kappa shape index (κ1) is 9.93. The van der Waals surface area contributed by atoms with Crippen molar-refractivity contribution in [3.05, 3.63) is 52.2 Å². The van der Waals surface area contributed by atoms with Gasteiger partial charge in [-0.25, -0.2) is 0 Å². The molecule has 0 atom stereocenters.